The molecule has 2 aromatic carbocycles. The van der Waals surface area contributed by atoms with Crippen molar-refractivity contribution < 1.29 is 17.9 Å². The van der Waals surface area contributed by atoms with Crippen LogP contribution < -0.4 is 4.72 Å². The summed E-state index contributed by atoms with van der Waals surface area (Å²) in [5, 5.41) is 0.280. The molecule has 1 N–H and O–H groups in total. The number of sulfonamides is 1. The van der Waals surface area contributed by atoms with Gasteiger partial charge in [0.25, 0.3) is 0 Å². The number of rotatable bonds is 6. The molecule has 7 heteroatoms. The van der Waals surface area contributed by atoms with Gasteiger partial charge in [0.1, 0.15) is 6.04 Å². The van der Waals surface area contributed by atoms with Crippen LogP contribution in [0, 0.1) is 6.92 Å². The van der Waals surface area contributed by atoms with Gasteiger partial charge in [0.05, 0.1) is 11.5 Å². The van der Waals surface area contributed by atoms with Crippen LogP contribution in [0.15, 0.2) is 53.4 Å². The summed E-state index contributed by atoms with van der Waals surface area (Å²) in [5.74, 6) is -0.707. The summed E-state index contributed by atoms with van der Waals surface area (Å²) in [6, 6.07) is 11.7. The number of benzene rings is 2. The smallest absolute Gasteiger partial charge is 0.328 e. The Morgan fingerprint density at radius 2 is 1.79 bits per heavy atom. The predicted octanol–water partition coefficient (Wildman–Crippen LogP) is 3.23. The van der Waals surface area contributed by atoms with Crippen molar-refractivity contribution in [1.82, 2.24) is 4.72 Å². The van der Waals surface area contributed by atoms with Gasteiger partial charge in [-0.05, 0) is 37.6 Å². The standard InChI is InChI=1S/C17H18ClNO4S/c1-3-23-17(20)16(14-6-4-5-7-15(14)18)19-24(21,22)13-10-8-12(2)9-11-13/h4-11,16,19H,3H2,1-2H3/t16-/m0/s1. The van der Waals surface area contributed by atoms with Gasteiger partial charge in [0.2, 0.25) is 10.0 Å². The molecule has 0 radical (unpaired) electrons. The van der Waals surface area contributed by atoms with Gasteiger partial charge in [-0.25, -0.2) is 13.2 Å². The third-order valence-electron chi connectivity index (χ3n) is 3.34. The first-order valence-corrected chi connectivity index (χ1v) is 9.21. The zero-order valence-corrected chi connectivity index (χ0v) is 14.9. The van der Waals surface area contributed by atoms with Gasteiger partial charge < -0.3 is 4.74 Å². The molecule has 0 aliphatic carbocycles. The lowest BCUT2D eigenvalue weighted by molar-refractivity contribution is -0.145. The maximum atomic E-state index is 12.6. The monoisotopic (exact) mass is 367 g/mol. The van der Waals surface area contributed by atoms with Crippen molar-refractivity contribution in [2.75, 3.05) is 6.61 Å². The highest BCUT2D eigenvalue weighted by atomic mass is 35.5. The fourth-order valence-corrected chi connectivity index (χ4v) is 3.52. The fourth-order valence-electron chi connectivity index (χ4n) is 2.11. The van der Waals surface area contributed by atoms with E-state index in [0.29, 0.717) is 5.56 Å². The minimum Gasteiger partial charge on any atom is -0.465 e. The first-order valence-electron chi connectivity index (χ1n) is 7.35. The van der Waals surface area contributed by atoms with Gasteiger partial charge in [0, 0.05) is 5.02 Å². The van der Waals surface area contributed by atoms with Gasteiger partial charge in [-0.1, -0.05) is 47.5 Å². The van der Waals surface area contributed by atoms with Gasteiger partial charge in [-0.15, -0.1) is 0 Å². The quantitative estimate of drug-likeness (QED) is 0.795. The molecule has 0 fully saturated rings. The van der Waals surface area contributed by atoms with Crippen LogP contribution >= 0.6 is 11.6 Å². The third kappa shape index (κ3) is 4.35. The second kappa shape index (κ2) is 7.79. The normalized spacial score (nSPS) is 12.6. The van der Waals surface area contributed by atoms with Crippen molar-refractivity contribution in [1.29, 1.82) is 0 Å². The van der Waals surface area contributed by atoms with Gasteiger partial charge >= 0.3 is 5.97 Å². The molecule has 2 aromatic rings. The minimum atomic E-state index is -3.91. The third-order valence-corrected chi connectivity index (χ3v) is 5.13. The number of halogens is 1. The lowest BCUT2D eigenvalue weighted by Gasteiger charge is -2.19. The van der Waals surface area contributed by atoms with E-state index in [0.717, 1.165) is 5.56 Å². The van der Waals surface area contributed by atoms with Crippen LogP contribution in [-0.4, -0.2) is 21.0 Å². The van der Waals surface area contributed by atoms with E-state index < -0.39 is 22.0 Å². The first kappa shape index (κ1) is 18.4. The molecule has 24 heavy (non-hydrogen) atoms. The van der Waals surface area contributed by atoms with Crippen LogP contribution in [-0.2, 0) is 19.6 Å². The van der Waals surface area contributed by atoms with E-state index in [1.165, 1.54) is 12.1 Å². The van der Waals surface area contributed by atoms with Crippen LogP contribution in [0.2, 0.25) is 5.02 Å². The zero-order valence-electron chi connectivity index (χ0n) is 13.3. The van der Waals surface area contributed by atoms with Crippen molar-refractivity contribution >= 4 is 27.6 Å². The minimum absolute atomic E-state index is 0.0643. The molecule has 0 bridgehead atoms. The largest absolute Gasteiger partial charge is 0.465 e. The average Bonchev–Trinajstić information content (AvgIpc) is 2.54. The average molecular weight is 368 g/mol. The molecule has 0 unspecified atom stereocenters. The molecule has 128 valence electrons. The second-order valence-corrected chi connectivity index (χ2v) is 7.26. The Bertz CT molecular complexity index is 819. The summed E-state index contributed by atoms with van der Waals surface area (Å²) >= 11 is 6.12. The van der Waals surface area contributed by atoms with E-state index in [2.05, 4.69) is 4.72 Å². The maximum absolute atomic E-state index is 12.6. The van der Waals surface area contributed by atoms with Gasteiger partial charge in [-0.3, -0.25) is 0 Å². The molecular weight excluding hydrogens is 350 g/mol. The number of hydrogen-bond donors (Lipinski definition) is 1. The van der Waals surface area contributed by atoms with Gasteiger partial charge in [0.15, 0.2) is 0 Å². The van der Waals surface area contributed by atoms with Crippen LogP contribution in [0.4, 0.5) is 0 Å². The van der Waals surface area contributed by atoms with Crippen LogP contribution in [0.1, 0.15) is 24.1 Å². The molecule has 0 spiro atoms. The number of carbonyl (C=O) groups excluding carboxylic acids is 1. The van der Waals surface area contributed by atoms with E-state index >= 15 is 0 Å². The molecule has 1 atom stereocenters. The lowest BCUT2D eigenvalue weighted by Crippen LogP contribution is -2.35. The summed E-state index contributed by atoms with van der Waals surface area (Å²) in [6.45, 7) is 3.64. The van der Waals surface area contributed by atoms with E-state index in [4.69, 9.17) is 16.3 Å². The SMILES string of the molecule is CCOC(=O)[C@@H](NS(=O)(=O)c1ccc(C)cc1)c1ccccc1Cl. The highest BCUT2D eigenvalue weighted by Crippen LogP contribution is 2.25. The summed E-state index contributed by atoms with van der Waals surface area (Å²) in [4.78, 5) is 12.3. The number of esters is 1. The molecule has 0 heterocycles. The molecule has 0 aliphatic rings. The molecule has 0 saturated carbocycles. The zero-order chi connectivity index (χ0) is 17.7. The Morgan fingerprint density at radius 1 is 1.17 bits per heavy atom. The van der Waals surface area contributed by atoms with E-state index in [-0.39, 0.29) is 16.5 Å². The molecule has 0 aliphatic heterocycles. The highest BCUT2D eigenvalue weighted by molar-refractivity contribution is 7.89. The van der Waals surface area contributed by atoms with E-state index in [1.807, 2.05) is 6.92 Å². The first-order chi connectivity index (χ1) is 11.3. The van der Waals surface area contributed by atoms with Crippen molar-refractivity contribution in [3.05, 3.63) is 64.7 Å². The Kier molecular flexibility index (Phi) is 5.99. The lowest BCUT2D eigenvalue weighted by atomic mass is 10.1. The molecule has 0 amide bonds. The maximum Gasteiger partial charge on any atom is 0.328 e. The number of aryl methyl sites for hydroxylation is 1. The number of ether oxygens (including phenoxy) is 1. The van der Waals surface area contributed by atoms with E-state index in [1.54, 1.807) is 43.3 Å². The van der Waals surface area contributed by atoms with Crippen LogP contribution in [0.5, 0.6) is 0 Å². The molecule has 2 rings (SSSR count). The highest BCUT2D eigenvalue weighted by Gasteiger charge is 2.29. The van der Waals surface area contributed by atoms with Gasteiger partial charge in [-0.2, -0.15) is 4.72 Å². The predicted molar refractivity (Wildman–Crippen MR) is 92.3 cm³/mol. The molecule has 0 aromatic heterocycles. The Balaban J connectivity index is 2.40. The summed E-state index contributed by atoms with van der Waals surface area (Å²) in [7, 11) is -3.91. The summed E-state index contributed by atoms with van der Waals surface area (Å²) in [5.41, 5.74) is 1.27. The van der Waals surface area contributed by atoms with Crippen molar-refractivity contribution in [2.45, 2.75) is 24.8 Å². The Morgan fingerprint density at radius 3 is 2.38 bits per heavy atom. The van der Waals surface area contributed by atoms with E-state index in [9.17, 15) is 13.2 Å². The number of hydrogen-bond acceptors (Lipinski definition) is 4. The molecular formula is C17H18ClNO4S. The summed E-state index contributed by atoms with van der Waals surface area (Å²) < 4.78 is 32.5. The van der Waals surface area contributed by atoms with Crippen LogP contribution in [0.25, 0.3) is 0 Å². The Labute approximate surface area is 146 Å². The molecule has 0 saturated heterocycles. The summed E-state index contributed by atoms with van der Waals surface area (Å²) in [6.07, 6.45) is 0. The number of nitrogens with one attached hydrogen (secondary N) is 1. The topological polar surface area (TPSA) is 72.5 Å². The fraction of sp³-hybridized carbons (Fsp3) is 0.235. The van der Waals surface area contributed by atoms with Crippen molar-refractivity contribution in [2.24, 2.45) is 0 Å². The molecule has 5 nitrogen and oxygen atoms in total. The van der Waals surface area contributed by atoms with Crippen LogP contribution in [0.3, 0.4) is 0 Å². The van der Waals surface area contributed by atoms with Crippen molar-refractivity contribution in [3.8, 4) is 0 Å². The second-order valence-electron chi connectivity index (χ2n) is 5.14. The number of carbonyl (C=O) groups is 1. The van der Waals surface area contributed by atoms with Crippen molar-refractivity contribution in [3.63, 3.8) is 0 Å². The Hall–Kier alpha value is -1.89.